The van der Waals surface area contributed by atoms with Crippen LogP contribution in [0.1, 0.15) is 12.0 Å². The van der Waals surface area contributed by atoms with Gasteiger partial charge >= 0.3 is 5.97 Å². The van der Waals surface area contributed by atoms with E-state index in [2.05, 4.69) is 10.3 Å². The van der Waals surface area contributed by atoms with Crippen molar-refractivity contribution >= 4 is 17.6 Å². The van der Waals surface area contributed by atoms with E-state index in [4.69, 9.17) is 16.7 Å². The highest BCUT2D eigenvalue weighted by Crippen LogP contribution is 2.12. The molecule has 2 N–H and O–H groups in total. The van der Waals surface area contributed by atoms with E-state index in [-0.39, 0.29) is 6.42 Å². The molecule has 0 aliphatic rings. The summed E-state index contributed by atoms with van der Waals surface area (Å²) in [5.74, 6) is -0.807. The summed E-state index contributed by atoms with van der Waals surface area (Å²) in [6.07, 6.45) is 3.33. The molecule has 0 spiro atoms. The maximum Gasteiger partial charge on any atom is 0.304 e. The number of pyridine rings is 1. The minimum absolute atomic E-state index is 0.114. The van der Waals surface area contributed by atoms with E-state index < -0.39 is 5.97 Å². The monoisotopic (exact) mass is 214 g/mol. The average Bonchev–Trinajstić information content (AvgIpc) is 2.15. The molecule has 0 saturated heterocycles. The summed E-state index contributed by atoms with van der Waals surface area (Å²) in [6.45, 7) is 1.00. The van der Waals surface area contributed by atoms with Gasteiger partial charge < -0.3 is 10.4 Å². The van der Waals surface area contributed by atoms with Crippen molar-refractivity contribution in [2.45, 2.75) is 13.0 Å². The molecule has 0 aliphatic heterocycles. The molecule has 5 heteroatoms. The zero-order valence-electron chi connectivity index (χ0n) is 7.53. The quantitative estimate of drug-likeness (QED) is 0.726. The number of hydrogen-bond acceptors (Lipinski definition) is 3. The molecule has 0 aliphatic carbocycles. The SMILES string of the molecule is O=C(O)CCNCc1ccncc1Cl. The maximum absolute atomic E-state index is 10.2. The third kappa shape index (κ3) is 3.72. The molecule has 1 heterocycles. The summed E-state index contributed by atoms with van der Waals surface area (Å²) in [7, 11) is 0. The second kappa shape index (κ2) is 5.57. The van der Waals surface area contributed by atoms with Crippen LogP contribution in [-0.4, -0.2) is 22.6 Å². The van der Waals surface area contributed by atoms with Crippen molar-refractivity contribution in [1.29, 1.82) is 0 Å². The number of carboxylic acids is 1. The molecule has 0 aromatic carbocycles. The number of halogens is 1. The molecule has 0 fully saturated rings. The average molecular weight is 215 g/mol. The standard InChI is InChI=1S/C9H11ClN2O2/c10-8-6-12-3-1-7(8)5-11-4-2-9(13)14/h1,3,6,11H,2,4-5H2,(H,13,14). The van der Waals surface area contributed by atoms with Crippen LogP contribution in [0.15, 0.2) is 18.5 Å². The Bertz CT molecular complexity index is 317. The number of nitrogens with one attached hydrogen (secondary N) is 1. The normalized spacial score (nSPS) is 10.1. The Kier molecular flexibility index (Phi) is 4.35. The van der Waals surface area contributed by atoms with Crippen LogP contribution in [0, 0.1) is 0 Å². The number of carbonyl (C=O) groups is 1. The first kappa shape index (κ1) is 10.9. The summed E-state index contributed by atoms with van der Waals surface area (Å²) in [5, 5.41) is 12.0. The van der Waals surface area contributed by atoms with Crippen molar-refractivity contribution in [2.75, 3.05) is 6.54 Å². The lowest BCUT2D eigenvalue weighted by atomic mass is 10.2. The molecule has 0 atom stereocenters. The van der Waals surface area contributed by atoms with Gasteiger partial charge in [-0.05, 0) is 11.6 Å². The Morgan fingerprint density at radius 1 is 1.64 bits per heavy atom. The smallest absolute Gasteiger partial charge is 0.304 e. The first-order valence-corrected chi connectivity index (χ1v) is 4.59. The van der Waals surface area contributed by atoms with E-state index in [1.165, 1.54) is 0 Å². The van der Waals surface area contributed by atoms with Gasteiger partial charge in [-0.1, -0.05) is 11.6 Å². The number of rotatable bonds is 5. The summed E-state index contributed by atoms with van der Waals surface area (Å²) in [6, 6.07) is 1.80. The Morgan fingerprint density at radius 2 is 2.43 bits per heavy atom. The fourth-order valence-electron chi connectivity index (χ4n) is 0.966. The van der Waals surface area contributed by atoms with E-state index in [1.807, 2.05) is 0 Å². The zero-order chi connectivity index (χ0) is 10.4. The van der Waals surface area contributed by atoms with Crippen LogP contribution in [0.2, 0.25) is 5.02 Å². The van der Waals surface area contributed by atoms with Crippen LogP contribution in [0.3, 0.4) is 0 Å². The van der Waals surface area contributed by atoms with Gasteiger partial charge in [-0.3, -0.25) is 9.78 Å². The lowest BCUT2D eigenvalue weighted by molar-refractivity contribution is -0.136. The predicted molar refractivity (Wildman–Crippen MR) is 53.2 cm³/mol. The van der Waals surface area contributed by atoms with Gasteiger partial charge in [-0.2, -0.15) is 0 Å². The van der Waals surface area contributed by atoms with Crippen molar-refractivity contribution in [3.8, 4) is 0 Å². The summed E-state index contributed by atoms with van der Waals surface area (Å²) >= 11 is 5.85. The molecule has 14 heavy (non-hydrogen) atoms. The van der Waals surface area contributed by atoms with Crippen molar-refractivity contribution < 1.29 is 9.90 Å². The Hall–Kier alpha value is -1.13. The summed E-state index contributed by atoms with van der Waals surface area (Å²) in [4.78, 5) is 14.0. The van der Waals surface area contributed by atoms with Crippen LogP contribution < -0.4 is 5.32 Å². The van der Waals surface area contributed by atoms with Crippen molar-refractivity contribution in [3.05, 3.63) is 29.0 Å². The predicted octanol–water partition coefficient (Wildman–Crippen LogP) is 1.30. The molecular formula is C9H11ClN2O2. The number of hydrogen-bond donors (Lipinski definition) is 2. The molecule has 1 aromatic heterocycles. The molecule has 0 bridgehead atoms. The lowest BCUT2D eigenvalue weighted by Crippen LogP contribution is -2.17. The maximum atomic E-state index is 10.2. The second-order valence-electron chi connectivity index (χ2n) is 2.79. The molecule has 4 nitrogen and oxygen atoms in total. The minimum atomic E-state index is -0.807. The molecular weight excluding hydrogens is 204 g/mol. The van der Waals surface area contributed by atoms with E-state index in [0.29, 0.717) is 18.1 Å². The van der Waals surface area contributed by atoms with Gasteiger partial charge in [0.25, 0.3) is 0 Å². The second-order valence-corrected chi connectivity index (χ2v) is 3.19. The van der Waals surface area contributed by atoms with Crippen LogP contribution in [0.5, 0.6) is 0 Å². The number of nitrogens with zero attached hydrogens (tertiary/aromatic N) is 1. The number of aliphatic carboxylic acids is 1. The largest absolute Gasteiger partial charge is 0.481 e. The molecule has 0 amide bonds. The van der Waals surface area contributed by atoms with Gasteiger partial charge in [0.15, 0.2) is 0 Å². The first-order valence-electron chi connectivity index (χ1n) is 4.21. The first-order chi connectivity index (χ1) is 6.70. The van der Waals surface area contributed by atoms with Gasteiger partial charge in [0.1, 0.15) is 0 Å². The number of aromatic nitrogens is 1. The fourth-order valence-corrected chi connectivity index (χ4v) is 1.15. The van der Waals surface area contributed by atoms with E-state index in [1.54, 1.807) is 18.5 Å². The van der Waals surface area contributed by atoms with E-state index in [0.717, 1.165) is 5.56 Å². The van der Waals surface area contributed by atoms with Crippen LogP contribution in [0.4, 0.5) is 0 Å². The van der Waals surface area contributed by atoms with E-state index in [9.17, 15) is 4.79 Å². The number of carboxylic acid groups (broad SMARTS) is 1. The summed E-state index contributed by atoms with van der Waals surface area (Å²) in [5.41, 5.74) is 0.923. The highest BCUT2D eigenvalue weighted by Gasteiger charge is 1.99. The molecule has 1 aromatic rings. The highest BCUT2D eigenvalue weighted by molar-refractivity contribution is 6.31. The third-order valence-corrected chi connectivity index (χ3v) is 2.03. The zero-order valence-corrected chi connectivity index (χ0v) is 8.29. The van der Waals surface area contributed by atoms with Gasteiger partial charge in [-0.15, -0.1) is 0 Å². The molecule has 76 valence electrons. The Morgan fingerprint density at radius 3 is 3.07 bits per heavy atom. The Labute approximate surface area is 86.9 Å². The third-order valence-electron chi connectivity index (χ3n) is 1.69. The van der Waals surface area contributed by atoms with Gasteiger partial charge in [0.05, 0.1) is 11.4 Å². The van der Waals surface area contributed by atoms with Gasteiger partial charge in [0, 0.05) is 25.5 Å². The summed E-state index contributed by atoms with van der Waals surface area (Å²) < 4.78 is 0. The fraction of sp³-hybridized carbons (Fsp3) is 0.333. The molecule has 0 unspecified atom stereocenters. The van der Waals surface area contributed by atoms with Crippen molar-refractivity contribution in [3.63, 3.8) is 0 Å². The van der Waals surface area contributed by atoms with Crippen LogP contribution in [0.25, 0.3) is 0 Å². The van der Waals surface area contributed by atoms with Crippen molar-refractivity contribution in [1.82, 2.24) is 10.3 Å². The van der Waals surface area contributed by atoms with E-state index >= 15 is 0 Å². The Balaban J connectivity index is 2.31. The van der Waals surface area contributed by atoms with Crippen LogP contribution >= 0.6 is 11.6 Å². The van der Waals surface area contributed by atoms with Gasteiger partial charge in [-0.25, -0.2) is 0 Å². The molecule has 0 radical (unpaired) electrons. The highest BCUT2D eigenvalue weighted by atomic mass is 35.5. The van der Waals surface area contributed by atoms with Crippen molar-refractivity contribution in [2.24, 2.45) is 0 Å². The van der Waals surface area contributed by atoms with Crippen LogP contribution in [-0.2, 0) is 11.3 Å². The van der Waals surface area contributed by atoms with Gasteiger partial charge in [0.2, 0.25) is 0 Å². The lowest BCUT2D eigenvalue weighted by Gasteiger charge is -2.04. The molecule has 1 rings (SSSR count). The minimum Gasteiger partial charge on any atom is -0.481 e. The molecule has 0 saturated carbocycles. The topological polar surface area (TPSA) is 62.2 Å².